The Kier molecular flexibility index (Phi) is 4.01. The first-order chi connectivity index (χ1) is 6.59. The molecule has 0 bridgehead atoms. The second-order valence-corrected chi connectivity index (χ2v) is 5.09. The lowest BCUT2D eigenvalue weighted by molar-refractivity contribution is -0.128. The Bertz CT molecular complexity index is 239. The summed E-state index contributed by atoms with van der Waals surface area (Å²) in [6.45, 7) is 2.02. The van der Waals surface area contributed by atoms with Crippen molar-refractivity contribution in [2.75, 3.05) is 0 Å². The summed E-state index contributed by atoms with van der Waals surface area (Å²) in [4.78, 5) is 11.9. The summed E-state index contributed by atoms with van der Waals surface area (Å²) in [5.74, 6) is 0.231. The molecule has 2 saturated carbocycles. The molecule has 15 heavy (non-hydrogen) atoms. The van der Waals surface area contributed by atoms with Gasteiger partial charge in [0.25, 0.3) is 0 Å². The molecule has 2 rings (SSSR count). The highest BCUT2D eigenvalue weighted by molar-refractivity contribution is 5.85. The molecule has 3 N–H and O–H groups in total. The minimum absolute atomic E-state index is 0. The molecule has 0 aliphatic heterocycles. The van der Waals surface area contributed by atoms with Crippen molar-refractivity contribution in [1.29, 1.82) is 0 Å². The van der Waals surface area contributed by atoms with Crippen LogP contribution in [-0.2, 0) is 4.79 Å². The van der Waals surface area contributed by atoms with Crippen LogP contribution >= 0.6 is 12.4 Å². The molecule has 1 amide bonds. The van der Waals surface area contributed by atoms with E-state index in [1.807, 2.05) is 6.92 Å². The summed E-state index contributed by atoms with van der Waals surface area (Å²) in [6.07, 6.45) is 6.57. The van der Waals surface area contributed by atoms with E-state index >= 15 is 0 Å². The first-order valence-corrected chi connectivity index (χ1v) is 5.69. The van der Waals surface area contributed by atoms with Crippen LogP contribution in [0.2, 0.25) is 0 Å². The number of halogens is 1. The van der Waals surface area contributed by atoms with Gasteiger partial charge in [0.15, 0.2) is 0 Å². The highest BCUT2D eigenvalue weighted by Crippen LogP contribution is 2.32. The fraction of sp³-hybridized carbons (Fsp3) is 0.909. The molecular formula is C11H21ClN2O. The zero-order chi connectivity index (χ0) is 10.2. The van der Waals surface area contributed by atoms with Crippen LogP contribution in [-0.4, -0.2) is 17.5 Å². The second kappa shape index (κ2) is 4.71. The third kappa shape index (κ3) is 3.08. The zero-order valence-corrected chi connectivity index (χ0v) is 10.1. The highest BCUT2D eigenvalue weighted by Gasteiger charge is 2.39. The van der Waals surface area contributed by atoms with Crippen LogP contribution in [0.5, 0.6) is 0 Å². The largest absolute Gasteiger partial charge is 0.353 e. The topological polar surface area (TPSA) is 55.1 Å². The van der Waals surface area contributed by atoms with E-state index in [0.29, 0.717) is 6.04 Å². The maximum Gasteiger partial charge on any atom is 0.225 e. The van der Waals surface area contributed by atoms with E-state index in [0.717, 1.165) is 32.1 Å². The molecule has 0 radical (unpaired) electrons. The number of rotatable bonds is 2. The van der Waals surface area contributed by atoms with Gasteiger partial charge in [-0.25, -0.2) is 0 Å². The molecule has 2 fully saturated rings. The molecule has 3 nitrogen and oxygen atoms in total. The zero-order valence-electron chi connectivity index (χ0n) is 9.29. The van der Waals surface area contributed by atoms with Crippen molar-refractivity contribution in [3.8, 4) is 0 Å². The van der Waals surface area contributed by atoms with Crippen molar-refractivity contribution < 1.29 is 4.79 Å². The smallest absolute Gasteiger partial charge is 0.225 e. The lowest BCUT2D eigenvalue weighted by atomic mass is 9.74. The normalized spacial score (nSPS) is 35.5. The Morgan fingerprint density at radius 2 is 2.00 bits per heavy atom. The quantitative estimate of drug-likeness (QED) is 0.760. The van der Waals surface area contributed by atoms with Crippen molar-refractivity contribution in [3.63, 3.8) is 0 Å². The summed E-state index contributed by atoms with van der Waals surface area (Å²) < 4.78 is 0. The molecule has 0 aromatic carbocycles. The number of carbonyl (C=O) groups is 1. The molecule has 2 aliphatic carbocycles. The van der Waals surface area contributed by atoms with Crippen molar-refractivity contribution in [2.45, 2.75) is 57.0 Å². The van der Waals surface area contributed by atoms with Crippen LogP contribution in [0.1, 0.15) is 45.4 Å². The lowest BCUT2D eigenvalue weighted by Gasteiger charge is -2.37. The van der Waals surface area contributed by atoms with E-state index in [1.165, 1.54) is 6.42 Å². The van der Waals surface area contributed by atoms with Crippen LogP contribution in [0.3, 0.4) is 0 Å². The minimum atomic E-state index is -0.281. The van der Waals surface area contributed by atoms with Gasteiger partial charge in [-0.3, -0.25) is 4.79 Å². The molecule has 0 spiro atoms. The van der Waals surface area contributed by atoms with Gasteiger partial charge in [0.1, 0.15) is 0 Å². The van der Waals surface area contributed by atoms with E-state index < -0.39 is 0 Å². The third-order valence-electron chi connectivity index (χ3n) is 3.49. The summed E-state index contributed by atoms with van der Waals surface area (Å²) in [7, 11) is 0. The van der Waals surface area contributed by atoms with E-state index in [4.69, 9.17) is 5.73 Å². The molecule has 0 heterocycles. The number of nitrogens with one attached hydrogen (secondary N) is 1. The van der Waals surface area contributed by atoms with Crippen LogP contribution in [0.25, 0.3) is 0 Å². The fourth-order valence-corrected chi connectivity index (χ4v) is 2.32. The number of amides is 1. The van der Waals surface area contributed by atoms with Crippen molar-refractivity contribution in [3.05, 3.63) is 0 Å². The molecule has 2 unspecified atom stereocenters. The molecule has 0 aromatic heterocycles. The molecule has 0 saturated heterocycles. The average Bonchev–Trinajstić information content (AvgIpc) is 2.87. The summed E-state index contributed by atoms with van der Waals surface area (Å²) in [5.41, 5.74) is 5.88. The number of hydrogen-bond acceptors (Lipinski definition) is 2. The predicted octanol–water partition coefficient (Wildman–Crippen LogP) is 1.59. The first-order valence-electron chi connectivity index (χ1n) is 5.69. The van der Waals surface area contributed by atoms with E-state index in [2.05, 4.69) is 5.32 Å². The molecule has 2 atom stereocenters. The van der Waals surface area contributed by atoms with Crippen LogP contribution in [0.4, 0.5) is 0 Å². The van der Waals surface area contributed by atoms with Crippen LogP contribution in [0.15, 0.2) is 0 Å². The SMILES string of the molecule is CC1(N)CCCCC1C(=O)NC1CC1.Cl. The Labute approximate surface area is 97.6 Å². The summed E-state index contributed by atoms with van der Waals surface area (Å²) >= 11 is 0. The molecule has 0 aromatic rings. The number of carbonyl (C=O) groups excluding carboxylic acids is 1. The minimum Gasteiger partial charge on any atom is -0.353 e. The Morgan fingerprint density at radius 3 is 2.53 bits per heavy atom. The van der Waals surface area contributed by atoms with Gasteiger partial charge < -0.3 is 11.1 Å². The van der Waals surface area contributed by atoms with Gasteiger partial charge in [0.2, 0.25) is 5.91 Å². The maximum absolute atomic E-state index is 11.9. The van der Waals surface area contributed by atoms with Crippen molar-refractivity contribution in [1.82, 2.24) is 5.32 Å². The first kappa shape index (κ1) is 12.8. The monoisotopic (exact) mass is 232 g/mol. The van der Waals surface area contributed by atoms with Gasteiger partial charge in [-0.05, 0) is 32.6 Å². The van der Waals surface area contributed by atoms with Gasteiger partial charge in [0, 0.05) is 11.6 Å². The Morgan fingerprint density at radius 1 is 1.33 bits per heavy atom. The third-order valence-corrected chi connectivity index (χ3v) is 3.49. The highest BCUT2D eigenvalue weighted by atomic mass is 35.5. The van der Waals surface area contributed by atoms with Gasteiger partial charge in [-0.2, -0.15) is 0 Å². The lowest BCUT2D eigenvalue weighted by Crippen LogP contribution is -2.53. The van der Waals surface area contributed by atoms with Crippen molar-refractivity contribution >= 4 is 18.3 Å². The Balaban J connectivity index is 0.00000112. The predicted molar refractivity (Wildman–Crippen MR) is 63.0 cm³/mol. The average molecular weight is 233 g/mol. The van der Waals surface area contributed by atoms with Gasteiger partial charge in [-0.1, -0.05) is 12.8 Å². The standard InChI is InChI=1S/C11H20N2O.ClH/c1-11(12)7-3-2-4-9(11)10(14)13-8-5-6-8;/h8-9H,2-7,12H2,1H3,(H,13,14);1H. The maximum atomic E-state index is 11.9. The van der Waals surface area contributed by atoms with Crippen LogP contribution in [0, 0.1) is 5.92 Å². The summed E-state index contributed by atoms with van der Waals surface area (Å²) in [6, 6.07) is 0.459. The molecule has 2 aliphatic rings. The summed E-state index contributed by atoms with van der Waals surface area (Å²) in [5, 5.41) is 3.06. The van der Waals surface area contributed by atoms with E-state index in [1.54, 1.807) is 0 Å². The van der Waals surface area contributed by atoms with Gasteiger partial charge in [-0.15, -0.1) is 12.4 Å². The molecule has 4 heteroatoms. The van der Waals surface area contributed by atoms with Gasteiger partial charge in [0.05, 0.1) is 5.92 Å². The molecular weight excluding hydrogens is 212 g/mol. The van der Waals surface area contributed by atoms with Crippen LogP contribution < -0.4 is 11.1 Å². The number of hydrogen-bond donors (Lipinski definition) is 2. The van der Waals surface area contributed by atoms with Gasteiger partial charge >= 0.3 is 0 Å². The van der Waals surface area contributed by atoms with E-state index in [-0.39, 0.29) is 29.8 Å². The Hall–Kier alpha value is -0.280. The molecule has 88 valence electrons. The van der Waals surface area contributed by atoms with E-state index in [9.17, 15) is 4.79 Å². The van der Waals surface area contributed by atoms with Crippen molar-refractivity contribution in [2.24, 2.45) is 11.7 Å². The number of nitrogens with two attached hydrogens (primary N) is 1. The fourth-order valence-electron chi connectivity index (χ4n) is 2.32. The second-order valence-electron chi connectivity index (χ2n) is 5.09.